The van der Waals surface area contributed by atoms with Crippen LogP contribution in [0.2, 0.25) is 0 Å². The Labute approximate surface area is 63.7 Å². The molecule has 1 aliphatic rings. The van der Waals surface area contributed by atoms with Crippen LogP contribution in [0.4, 0.5) is 0 Å². The van der Waals surface area contributed by atoms with E-state index in [0.717, 1.165) is 19.6 Å². The van der Waals surface area contributed by atoms with Crippen molar-refractivity contribution >= 4 is 0 Å². The predicted octanol–water partition coefficient (Wildman–Crippen LogP) is 1.40. The first kappa shape index (κ1) is 9.92. The van der Waals surface area contributed by atoms with Crippen molar-refractivity contribution in [2.75, 3.05) is 13.2 Å². The molecule has 2 nitrogen and oxygen atoms in total. The Morgan fingerprint density at radius 3 is 2.30 bits per heavy atom. The zero-order valence-corrected chi connectivity index (χ0v) is 7.26. The van der Waals surface area contributed by atoms with Crippen LogP contribution >= 0.6 is 0 Å². The van der Waals surface area contributed by atoms with Crippen LogP contribution in [0.25, 0.3) is 0 Å². The van der Waals surface area contributed by atoms with Crippen molar-refractivity contribution in [3.05, 3.63) is 0 Å². The number of rotatable bonds is 0. The quantitative estimate of drug-likeness (QED) is 0.559. The van der Waals surface area contributed by atoms with Gasteiger partial charge in [-0.25, -0.2) is 0 Å². The van der Waals surface area contributed by atoms with Crippen molar-refractivity contribution in [3.63, 3.8) is 0 Å². The van der Waals surface area contributed by atoms with E-state index in [1.54, 1.807) is 0 Å². The molecule has 1 rings (SSSR count). The Bertz CT molecular complexity index is 65.7. The molecule has 10 heavy (non-hydrogen) atoms. The zero-order valence-electron chi connectivity index (χ0n) is 7.26. The van der Waals surface area contributed by atoms with E-state index in [4.69, 9.17) is 10.5 Å². The van der Waals surface area contributed by atoms with Crippen molar-refractivity contribution < 1.29 is 4.74 Å². The lowest BCUT2D eigenvalue weighted by Crippen LogP contribution is -2.36. The highest BCUT2D eigenvalue weighted by atomic mass is 16.5. The van der Waals surface area contributed by atoms with Gasteiger partial charge in [0.1, 0.15) is 0 Å². The molecule has 0 spiro atoms. The van der Waals surface area contributed by atoms with Gasteiger partial charge in [-0.1, -0.05) is 20.8 Å². The summed E-state index contributed by atoms with van der Waals surface area (Å²) in [6.07, 6.45) is 1.03. The highest BCUT2D eigenvalue weighted by molar-refractivity contribution is 4.71. The van der Waals surface area contributed by atoms with Crippen LogP contribution in [0.3, 0.4) is 0 Å². The number of hydrogen-bond acceptors (Lipinski definition) is 2. The van der Waals surface area contributed by atoms with Gasteiger partial charge in [0.2, 0.25) is 0 Å². The molecule has 1 heterocycles. The number of hydrogen-bond donors (Lipinski definition) is 1. The molecule has 1 fully saturated rings. The number of ether oxygens (including phenoxy) is 1. The highest BCUT2D eigenvalue weighted by Crippen LogP contribution is 2.10. The first-order chi connectivity index (χ1) is 4.80. The molecule has 0 saturated carbocycles. The van der Waals surface area contributed by atoms with E-state index in [-0.39, 0.29) is 0 Å². The van der Waals surface area contributed by atoms with Gasteiger partial charge < -0.3 is 10.5 Å². The molecule has 0 aromatic carbocycles. The molecule has 2 unspecified atom stereocenters. The summed E-state index contributed by atoms with van der Waals surface area (Å²) in [6.45, 7) is 7.83. The Balaban J connectivity index is 0.000000371. The summed E-state index contributed by atoms with van der Waals surface area (Å²) in [5, 5.41) is 0. The maximum Gasteiger partial charge on any atom is 0.0506 e. The average Bonchev–Trinajstić information content (AvgIpc) is 2.00. The Kier molecular flexibility index (Phi) is 5.64. The minimum Gasteiger partial charge on any atom is -0.381 e. The van der Waals surface area contributed by atoms with Crippen molar-refractivity contribution in [2.45, 2.75) is 33.2 Å². The molecular weight excluding hydrogens is 126 g/mol. The standard InChI is InChI=1S/C6H13NO.C2H6/c1-5-4-8-3-2-6(5)7;1-2/h5-6H,2-4,7H2,1H3;1-2H3. The monoisotopic (exact) mass is 145 g/mol. The fraction of sp³-hybridized carbons (Fsp3) is 1.00. The molecule has 0 aromatic rings. The third-order valence-electron chi connectivity index (χ3n) is 1.71. The van der Waals surface area contributed by atoms with E-state index in [9.17, 15) is 0 Å². The van der Waals surface area contributed by atoms with Crippen molar-refractivity contribution in [1.82, 2.24) is 0 Å². The minimum atomic E-state index is 0.378. The molecule has 0 aliphatic carbocycles. The summed E-state index contributed by atoms with van der Waals surface area (Å²) >= 11 is 0. The van der Waals surface area contributed by atoms with E-state index in [1.165, 1.54) is 0 Å². The van der Waals surface area contributed by atoms with E-state index in [0.29, 0.717) is 12.0 Å². The normalized spacial score (nSPS) is 32.4. The SMILES string of the molecule is CC.CC1COCCC1N. The van der Waals surface area contributed by atoms with Crippen molar-refractivity contribution in [1.29, 1.82) is 0 Å². The predicted molar refractivity (Wildman–Crippen MR) is 43.9 cm³/mol. The van der Waals surface area contributed by atoms with Crippen molar-refractivity contribution in [2.24, 2.45) is 11.7 Å². The second-order valence-corrected chi connectivity index (χ2v) is 2.50. The maximum absolute atomic E-state index is 5.70. The van der Waals surface area contributed by atoms with Gasteiger partial charge in [0.05, 0.1) is 6.61 Å². The van der Waals surface area contributed by atoms with Gasteiger partial charge in [-0.3, -0.25) is 0 Å². The van der Waals surface area contributed by atoms with Crippen LogP contribution in [0.15, 0.2) is 0 Å². The van der Waals surface area contributed by atoms with E-state index < -0.39 is 0 Å². The largest absolute Gasteiger partial charge is 0.381 e. The molecule has 0 bridgehead atoms. The smallest absolute Gasteiger partial charge is 0.0506 e. The first-order valence-electron chi connectivity index (χ1n) is 4.14. The summed E-state index contributed by atoms with van der Waals surface area (Å²) < 4.78 is 5.17. The lowest BCUT2D eigenvalue weighted by Gasteiger charge is -2.24. The van der Waals surface area contributed by atoms with Crippen molar-refractivity contribution in [3.8, 4) is 0 Å². The van der Waals surface area contributed by atoms with Crippen LogP contribution in [-0.4, -0.2) is 19.3 Å². The topological polar surface area (TPSA) is 35.2 Å². The second-order valence-electron chi connectivity index (χ2n) is 2.50. The third kappa shape index (κ3) is 3.18. The minimum absolute atomic E-state index is 0.378. The lowest BCUT2D eigenvalue weighted by molar-refractivity contribution is 0.0491. The van der Waals surface area contributed by atoms with Gasteiger partial charge >= 0.3 is 0 Å². The molecule has 0 radical (unpaired) electrons. The number of nitrogens with two attached hydrogens (primary N) is 1. The third-order valence-corrected chi connectivity index (χ3v) is 1.71. The Hall–Kier alpha value is -0.0800. The molecule has 1 saturated heterocycles. The van der Waals surface area contributed by atoms with E-state index in [2.05, 4.69) is 6.92 Å². The summed E-state index contributed by atoms with van der Waals surface area (Å²) in [4.78, 5) is 0. The van der Waals surface area contributed by atoms with Gasteiger partial charge in [-0.2, -0.15) is 0 Å². The Morgan fingerprint density at radius 1 is 1.40 bits per heavy atom. The molecule has 2 atom stereocenters. The molecule has 2 heteroatoms. The molecular formula is C8H19NO. The summed E-state index contributed by atoms with van der Waals surface area (Å²) in [6, 6.07) is 0.378. The average molecular weight is 145 g/mol. The van der Waals surface area contributed by atoms with E-state index >= 15 is 0 Å². The van der Waals surface area contributed by atoms with Gasteiger partial charge in [0, 0.05) is 12.6 Å². The maximum atomic E-state index is 5.70. The van der Waals surface area contributed by atoms with Crippen LogP contribution in [-0.2, 0) is 4.74 Å². The fourth-order valence-electron chi connectivity index (χ4n) is 0.897. The lowest BCUT2D eigenvalue weighted by atomic mass is 9.99. The van der Waals surface area contributed by atoms with Gasteiger partial charge in [-0.15, -0.1) is 0 Å². The summed E-state index contributed by atoms with van der Waals surface area (Å²) in [7, 11) is 0. The highest BCUT2D eigenvalue weighted by Gasteiger charge is 2.16. The van der Waals surface area contributed by atoms with Gasteiger partial charge in [0.15, 0.2) is 0 Å². The zero-order chi connectivity index (χ0) is 7.98. The molecule has 0 aromatic heterocycles. The molecule has 1 aliphatic heterocycles. The second kappa shape index (κ2) is 5.69. The molecule has 62 valence electrons. The molecule has 0 amide bonds. The first-order valence-corrected chi connectivity index (χ1v) is 4.14. The van der Waals surface area contributed by atoms with E-state index in [1.807, 2.05) is 13.8 Å². The fourth-order valence-corrected chi connectivity index (χ4v) is 0.897. The van der Waals surface area contributed by atoms with Crippen LogP contribution in [0.5, 0.6) is 0 Å². The molecule has 2 N–H and O–H groups in total. The van der Waals surface area contributed by atoms with Crippen LogP contribution < -0.4 is 5.73 Å². The summed E-state index contributed by atoms with van der Waals surface area (Å²) in [5.74, 6) is 0.559. The van der Waals surface area contributed by atoms with Crippen LogP contribution in [0, 0.1) is 5.92 Å². The van der Waals surface area contributed by atoms with Gasteiger partial charge in [-0.05, 0) is 12.3 Å². The van der Waals surface area contributed by atoms with Crippen LogP contribution in [0.1, 0.15) is 27.2 Å². The Morgan fingerprint density at radius 2 is 2.00 bits per heavy atom. The van der Waals surface area contributed by atoms with Gasteiger partial charge in [0.25, 0.3) is 0 Å². The summed E-state index contributed by atoms with van der Waals surface area (Å²) in [5.41, 5.74) is 5.70.